The highest BCUT2D eigenvalue weighted by atomic mass is 32.1. The highest BCUT2D eigenvalue weighted by molar-refractivity contribution is 7.81. The largest absolute Gasteiger partial charge is 0.481 e. The van der Waals surface area contributed by atoms with Crippen molar-refractivity contribution in [2.45, 2.75) is 31.9 Å². The molecule has 0 aromatic rings. The number of aliphatic carboxylic acids is 1. The molecule has 0 aliphatic carbocycles. The van der Waals surface area contributed by atoms with Gasteiger partial charge in [0.05, 0.1) is 5.92 Å². The fourth-order valence-electron chi connectivity index (χ4n) is 0.710. The summed E-state index contributed by atoms with van der Waals surface area (Å²) in [4.78, 5) is 10.4. The maximum absolute atomic E-state index is 10.4. The molecule has 0 fully saturated rings. The molecule has 0 rings (SSSR count). The molecular weight excluding hydrogens is 148 g/mol. The minimum atomic E-state index is -0.756. The van der Waals surface area contributed by atoms with Crippen LogP contribution in [0.5, 0.6) is 0 Å². The van der Waals surface area contributed by atoms with E-state index in [4.69, 9.17) is 5.11 Å². The predicted molar refractivity (Wildman–Crippen MR) is 44.5 cm³/mol. The van der Waals surface area contributed by atoms with Gasteiger partial charge in [0.1, 0.15) is 0 Å². The number of carboxylic acids is 1. The van der Waals surface area contributed by atoms with E-state index in [0.717, 1.165) is 12.8 Å². The maximum atomic E-state index is 10.4. The van der Waals surface area contributed by atoms with E-state index in [-0.39, 0.29) is 11.2 Å². The van der Waals surface area contributed by atoms with Gasteiger partial charge in [0, 0.05) is 5.25 Å². The van der Waals surface area contributed by atoms with E-state index in [1.807, 2.05) is 6.92 Å². The lowest BCUT2D eigenvalue weighted by molar-refractivity contribution is -0.141. The van der Waals surface area contributed by atoms with Crippen LogP contribution in [-0.2, 0) is 4.79 Å². The lowest BCUT2D eigenvalue weighted by atomic mass is 10.0. The van der Waals surface area contributed by atoms with Crippen LogP contribution in [0.1, 0.15) is 26.7 Å². The van der Waals surface area contributed by atoms with Crippen LogP contribution in [0, 0.1) is 5.92 Å². The highest BCUT2D eigenvalue weighted by Gasteiger charge is 2.18. The second kappa shape index (κ2) is 4.61. The SMILES string of the molecule is CCCC(S)C(C)C(=O)O. The quantitative estimate of drug-likeness (QED) is 0.618. The second-order valence-electron chi connectivity index (χ2n) is 2.48. The summed E-state index contributed by atoms with van der Waals surface area (Å²) in [6, 6.07) is 0. The molecule has 0 aliphatic rings. The van der Waals surface area contributed by atoms with Crippen LogP contribution in [0.25, 0.3) is 0 Å². The molecule has 1 N–H and O–H groups in total. The van der Waals surface area contributed by atoms with E-state index in [0.29, 0.717) is 0 Å². The van der Waals surface area contributed by atoms with E-state index < -0.39 is 5.97 Å². The van der Waals surface area contributed by atoms with Crippen LogP contribution < -0.4 is 0 Å². The molecule has 0 saturated carbocycles. The average Bonchev–Trinajstić information content (AvgIpc) is 1.87. The molecule has 60 valence electrons. The summed E-state index contributed by atoms with van der Waals surface area (Å²) in [6.07, 6.45) is 1.86. The van der Waals surface area contributed by atoms with Crippen molar-refractivity contribution in [3.63, 3.8) is 0 Å². The highest BCUT2D eigenvalue weighted by Crippen LogP contribution is 2.15. The smallest absolute Gasteiger partial charge is 0.307 e. The Kier molecular flexibility index (Phi) is 4.52. The molecule has 0 spiro atoms. The number of hydrogen-bond acceptors (Lipinski definition) is 2. The monoisotopic (exact) mass is 162 g/mol. The third-order valence-electron chi connectivity index (χ3n) is 1.55. The van der Waals surface area contributed by atoms with Gasteiger partial charge in [-0.25, -0.2) is 0 Å². The first kappa shape index (κ1) is 9.82. The topological polar surface area (TPSA) is 37.3 Å². The molecule has 2 nitrogen and oxygen atoms in total. The van der Waals surface area contributed by atoms with Crippen LogP contribution in [0.2, 0.25) is 0 Å². The van der Waals surface area contributed by atoms with E-state index in [2.05, 4.69) is 12.6 Å². The molecule has 0 aromatic heterocycles. The van der Waals surface area contributed by atoms with Crippen molar-refractivity contribution in [2.75, 3.05) is 0 Å². The molecule has 0 heterocycles. The summed E-state index contributed by atoms with van der Waals surface area (Å²) >= 11 is 4.16. The van der Waals surface area contributed by atoms with Gasteiger partial charge in [-0.2, -0.15) is 12.6 Å². The van der Waals surface area contributed by atoms with Crippen molar-refractivity contribution < 1.29 is 9.90 Å². The van der Waals surface area contributed by atoms with Gasteiger partial charge in [0.2, 0.25) is 0 Å². The molecule has 10 heavy (non-hydrogen) atoms. The van der Waals surface area contributed by atoms with Crippen molar-refractivity contribution >= 4 is 18.6 Å². The Bertz CT molecular complexity index is 114. The Labute approximate surface area is 67.0 Å². The van der Waals surface area contributed by atoms with Crippen LogP contribution in [0.4, 0.5) is 0 Å². The molecule has 0 aromatic carbocycles. The second-order valence-corrected chi connectivity index (χ2v) is 3.15. The number of rotatable bonds is 4. The third kappa shape index (κ3) is 3.11. The van der Waals surface area contributed by atoms with Crippen molar-refractivity contribution in [2.24, 2.45) is 5.92 Å². The van der Waals surface area contributed by atoms with Gasteiger partial charge in [0.25, 0.3) is 0 Å². The molecule has 0 radical (unpaired) electrons. The third-order valence-corrected chi connectivity index (χ3v) is 2.26. The van der Waals surface area contributed by atoms with Gasteiger partial charge in [-0.3, -0.25) is 4.79 Å². The number of carboxylic acid groups (broad SMARTS) is 1. The zero-order valence-corrected chi connectivity index (χ0v) is 7.27. The fraction of sp³-hybridized carbons (Fsp3) is 0.857. The normalized spacial score (nSPS) is 16.3. The zero-order valence-electron chi connectivity index (χ0n) is 6.37. The van der Waals surface area contributed by atoms with Gasteiger partial charge in [-0.15, -0.1) is 0 Å². The summed E-state index contributed by atoms with van der Waals surface area (Å²) in [7, 11) is 0. The molecule has 0 aliphatic heterocycles. The van der Waals surface area contributed by atoms with Gasteiger partial charge in [-0.05, 0) is 6.42 Å². The van der Waals surface area contributed by atoms with Crippen LogP contribution >= 0.6 is 12.6 Å². The Balaban J connectivity index is 3.69. The van der Waals surface area contributed by atoms with Gasteiger partial charge in [-0.1, -0.05) is 20.3 Å². The molecule has 0 amide bonds. The summed E-state index contributed by atoms with van der Waals surface area (Å²) in [6.45, 7) is 3.72. The van der Waals surface area contributed by atoms with Crippen molar-refractivity contribution in [1.29, 1.82) is 0 Å². The number of thiol groups is 1. The fourth-order valence-corrected chi connectivity index (χ4v) is 1.10. The minimum Gasteiger partial charge on any atom is -0.481 e. The van der Waals surface area contributed by atoms with E-state index in [9.17, 15) is 4.79 Å². The summed E-state index contributed by atoms with van der Waals surface area (Å²) < 4.78 is 0. The summed E-state index contributed by atoms with van der Waals surface area (Å²) in [5, 5.41) is 8.53. The first-order valence-electron chi connectivity index (χ1n) is 3.50. The van der Waals surface area contributed by atoms with Crippen LogP contribution in [0.3, 0.4) is 0 Å². The van der Waals surface area contributed by atoms with Crippen molar-refractivity contribution in [3.8, 4) is 0 Å². The number of carbonyl (C=O) groups is 1. The Morgan fingerprint density at radius 1 is 1.70 bits per heavy atom. The molecule has 2 atom stereocenters. The van der Waals surface area contributed by atoms with Crippen molar-refractivity contribution in [1.82, 2.24) is 0 Å². The number of hydrogen-bond donors (Lipinski definition) is 2. The molecule has 0 bridgehead atoms. The Morgan fingerprint density at radius 2 is 2.20 bits per heavy atom. The van der Waals surface area contributed by atoms with E-state index in [1.165, 1.54) is 0 Å². The molecule has 2 unspecified atom stereocenters. The maximum Gasteiger partial charge on any atom is 0.307 e. The molecule has 0 saturated heterocycles. The first-order valence-corrected chi connectivity index (χ1v) is 4.02. The zero-order chi connectivity index (χ0) is 8.15. The molecular formula is C7H14O2S. The summed E-state index contributed by atoms with van der Waals surface area (Å²) in [5.41, 5.74) is 0. The Morgan fingerprint density at radius 3 is 2.50 bits per heavy atom. The minimum absolute atomic E-state index is 0.00231. The average molecular weight is 162 g/mol. The van der Waals surface area contributed by atoms with Crippen LogP contribution in [0.15, 0.2) is 0 Å². The lowest BCUT2D eigenvalue weighted by Gasteiger charge is -2.12. The van der Waals surface area contributed by atoms with E-state index >= 15 is 0 Å². The van der Waals surface area contributed by atoms with Gasteiger partial charge < -0.3 is 5.11 Å². The van der Waals surface area contributed by atoms with E-state index in [1.54, 1.807) is 6.92 Å². The predicted octanol–water partition coefficient (Wildman–Crippen LogP) is 1.81. The molecule has 3 heteroatoms. The van der Waals surface area contributed by atoms with Gasteiger partial charge >= 0.3 is 5.97 Å². The first-order chi connectivity index (χ1) is 4.59. The lowest BCUT2D eigenvalue weighted by Crippen LogP contribution is -2.20. The summed E-state index contributed by atoms with van der Waals surface area (Å²) in [5.74, 6) is -1.09. The standard InChI is InChI=1S/C7H14O2S/c1-3-4-6(10)5(2)7(8)9/h5-6,10H,3-4H2,1-2H3,(H,8,9). The van der Waals surface area contributed by atoms with Crippen LogP contribution in [-0.4, -0.2) is 16.3 Å². The van der Waals surface area contributed by atoms with Gasteiger partial charge in [0.15, 0.2) is 0 Å². The Hall–Kier alpha value is -0.180. The van der Waals surface area contributed by atoms with Crippen molar-refractivity contribution in [3.05, 3.63) is 0 Å².